The van der Waals surface area contributed by atoms with Crippen LogP contribution in [0.5, 0.6) is 5.75 Å². The molecule has 8 heteroatoms. The molecule has 8 nitrogen and oxygen atoms in total. The summed E-state index contributed by atoms with van der Waals surface area (Å²) in [5, 5.41) is 9.08. The molecule has 0 aliphatic rings. The second-order valence-corrected chi connectivity index (χ2v) is 4.03. The van der Waals surface area contributed by atoms with Crippen molar-refractivity contribution < 1.29 is 29.0 Å². The van der Waals surface area contributed by atoms with Gasteiger partial charge >= 0.3 is 11.9 Å². The Morgan fingerprint density at radius 3 is 2.52 bits per heavy atom. The molecule has 0 saturated heterocycles. The molecule has 0 saturated carbocycles. The van der Waals surface area contributed by atoms with Crippen molar-refractivity contribution in [2.24, 2.45) is 0 Å². The molecule has 0 bridgehead atoms. The Balaban J connectivity index is 2.53. The minimum absolute atomic E-state index is 0.0685. The maximum absolute atomic E-state index is 11.9. The molecule has 0 N–H and O–H groups in total. The molecule has 0 aliphatic carbocycles. The molecule has 0 heterocycles. The van der Waals surface area contributed by atoms with Gasteiger partial charge in [0.1, 0.15) is 5.75 Å². The van der Waals surface area contributed by atoms with E-state index in [1.54, 1.807) is 30.3 Å². The number of nitrogens with zero attached hydrogens (tertiary/aromatic N) is 1. The molecule has 0 aliphatic heterocycles. The molecule has 1 unspecified atom stereocenters. The third-order valence-electron chi connectivity index (χ3n) is 2.34. The van der Waals surface area contributed by atoms with Crippen molar-refractivity contribution in [3.05, 3.63) is 40.4 Å². The van der Waals surface area contributed by atoms with Gasteiger partial charge in [-0.3, -0.25) is 4.79 Å². The predicted molar refractivity (Wildman–Crippen MR) is 69.8 cm³/mol. The first kappa shape index (κ1) is 16.4. The average molecular weight is 297 g/mol. The zero-order valence-electron chi connectivity index (χ0n) is 11.4. The maximum atomic E-state index is 11.9. The summed E-state index contributed by atoms with van der Waals surface area (Å²) in [6.07, 6.45) is -0.889. The largest absolute Gasteiger partial charge is 0.451 e. The Bertz CT molecular complexity index is 489. The highest BCUT2D eigenvalue weighted by atomic mass is 16.9. The van der Waals surface area contributed by atoms with Crippen molar-refractivity contribution in [3.63, 3.8) is 0 Å². The zero-order chi connectivity index (χ0) is 15.7. The van der Waals surface area contributed by atoms with Gasteiger partial charge in [-0.1, -0.05) is 18.2 Å². The van der Waals surface area contributed by atoms with Gasteiger partial charge in [-0.25, -0.2) is 4.79 Å². The van der Waals surface area contributed by atoms with Crippen LogP contribution < -0.4 is 4.74 Å². The number of carbonyl (C=O) groups is 2. The quantitative estimate of drug-likeness (QED) is 0.235. The van der Waals surface area contributed by atoms with Crippen LogP contribution in [0.25, 0.3) is 0 Å². The first-order valence-corrected chi connectivity index (χ1v) is 6.20. The van der Waals surface area contributed by atoms with Crippen LogP contribution in [0.3, 0.4) is 0 Å². The van der Waals surface area contributed by atoms with Gasteiger partial charge in [0, 0.05) is 6.92 Å². The van der Waals surface area contributed by atoms with Gasteiger partial charge in [0.25, 0.3) is 5.09 Å². The van der Waals surface area contributed by atoms with Crippen LogP contribution in [0.15, 0.2) is 30.3 Å². The van der Waals surface area contributed by atoms with Crippen molar-refractivity contribution >= 4 is 11.9 Å². The minimum atomic E-state index is -1.13. The number of benzene rings is 1. The molecule has 1 rings (SSSR count). The van der Waals surface area contributed by atoms with Gasteiger partial charge in [-0.2, -0.15) is 0 Å². The summed E-state index contributed by atoms with van der Waals surface area (Å²) in [4.78, 5) is 37.0. The van der Waals surface area contributed by atoms with Crippen LogP contribution in [-0.2, 0) is 19.2 Å². The summed E-state index contributed by atoms with van der Waals surface area (Å²) in [7, 11) is 0. The highest BCUT2D eigenvalue weighted by molar-refractivity contribution is 5.80. The van der Waals surface area contributed by atoms with Crippen molar-refractivity contribution in [3.8, 4) is 5.75 Å². The van der Waals surface area contributed by atoms with Gasteiger partial charge in [0.15, 0.2) is 6.10 Å². The Labute approximate surface area is 120 Å². The van der Waals surface area contributed by atoms with E-state index in [4.69, 9.17) is 9.47 Å². The van der Waals surface area contributed by atoms with E-state index in [-0.39, 0.29) is 19.4 Å². The highest BCUT2D eigenvalue weighted by Crippen LogP contribution is 2.12. The first-order chi connectivity index (χ1) is 9.99. The molecule has 114 valence electrons. The van der Waals surface area contributed by atoms with E-state index in [1.165, 1.54) is 0 Å². The SMILES string of the molecule is CC(=O)OC(CCCO[N+](=O)[O-])C(=O)Oc1ccccc1. The van der Waals surface area contributed by atoms with E-state index in [9.17, 15) is 19.7 Å². The Kier molecular flexibility index (Phi) is 6.66. The minimum Gasteiger partial charge on any atom is -0.451 e. The fourth-order valence-corrected chi connectivity index (χ4v) is 1.50. The third-order valence-corrected chi connectivity index (χ3v) is 2.34. The summed E-state index contributed by atoms with van der Waals surface area (Å²) in [6, 6.07) is 8.30. The lowest BCUT2D eigenvalue weighted by Gasteiger charge is -2.15. The highest BCUT2D eigenvalue weighted by Gasteiger charge is 2.23. The Hall–Kier alpha value is -2.64. The van der Waals surface area contributed by atoms with Crippen molar-refractivity contribution in [2.45, 2.75) is 25.9 Å². The number of hydrogen-bond donors (Lipinski definition) is 0. The second-order valence-electron chi connectivity index (χ2n) is 4.03. The van der Waals surface area contributed by atoms with E-state index in [0.29, 0.717) is 5.75 Å². The molecular weight excluding hydrogens is 282 g/mol. The van der Waals surface area contributed by atoms with Gasteiger partial charge in [0.2, 0.25) is 0 Å². The van der Waals surface area contributed by atoms with E-state index in [2.05, 4.69) is 4.84 Å². The lowest BCUT2D eigenvalue weighted by atomic mass is 10.2. The molecule has 0 fully saturated rings. The number of para-hydroxylation sites is 1. The predicted octanol–water partition coefficient (Wildman–Crippen LogP) is 1.51. The van der Waals surface area contributed by atoms with E-state index < -0.39 is 23.1 Å². The van der Waals surface area contributed by atoms with Crippen molar-refractivity contribution in [2.75, 3.05) is 6.61 Å². The van der Waals surface area contributed by atoms with Gasteiger partial charge in [-0.15, -0.1) is 10.1 Å². The molecule has 0 spiro atoms. The number of hydrogen-bond acceptors (Lipinski definition) is 7. The molecule has 0 aromatic heterocycles. The van der Waals surface area contributed by atoms with Crippen LogP contribution >= 0.6 is 0 Å². The van der Waals surface area contributed by atoms with E-state index in [0.717, 1.165) is 6.92 Å². The smallest absolute Gasteiger partial charge is 0.352 e. The molecule has 1 aromatic rings. The Morgan fingerprint density at radius 1 is 1.29 bits per heavy atom. The summed E-state index contributed by atoms with van der Waals surface area (Å²) < 4.78 is 9.92. The van der Waals surface area contributed by atoms with Gasteiger partial charge in [0.05, 0.1) is 6.61 Å². The van der Waals surface area contributed by atoms with Gasteiger partial charge < -0.3 is 14.3 Å². The summed E-state index contributed by atoms with van der Waals surface area (Å²) in [5.41, 5.74) is 0. The standard InChI is InChI=1S/C13H15NO7/c1-10(15)20-12(8-5-9-19-14(17)18)13(16)21-11-6-3-2-4-7-11/h2-4,6-7,12H,5,8-9H2,1H3. The fraction of sp³-hybridized carbons (Fsp3) is 0.385. The van der Waals surface area contributed by atoms with Crippen molar-refractivity contribution in [1.82, 2.24) is 0 Å². The molecule has 1 atom stereocenters. The molecule has 0 radical (unpaired) electrons. The van der Waals surface area contributed by atoms with Crippen LogP contribution in [-0.4, -0.2) is 29.7 Å². The first-order valence-electron chi connectivity index (χ1n) is 6.20. The number of rotatable bonds is 8. The average Bonchev–Trinajstić information content (AvgIpc) is 2.42. The van der Waals surface area contributed by atoms with Crippen LogP contribution in [0.2, 0.25) is 0 Å². The number of esters is 2. The topological polar surface area (TPSA) is 105 Å². The maximum Gasteiger partial charge on any atom is 0.352 e. The zero-order valence-corrected chi connectivity index (χ0v) is 11.4. The van der Waals surface area contributed by atoms with Gasteiger partial charge in [-0.05, 0) is 25.0 Å². The van der Waals surface area contributed by atoms with E-state index >= 15 is 0 Å². The summed E-state index contributed by atoms with van der Waals surface area (Å²) in [6.45, 7) is 0.972. The second kappa shape index (κ2) is 8.51. The molecule has 0 amide bonds. The fourth-order valence-electron chi connectivity index (χ4n) is 1.50. The number of ether oxygens (including phenoxy) is 2. The summed E-state index contributed by atoms with van der Waals surface area (Å²) in [5.74, 6) is -1.06. The third kappa shape index (κ3) is 6.90. The van der Waals surface area contributed by atoms with Crippen LogP contribution in [0.1, 0.15) is 19.8 Å². The van der Waals surface area contributed by atoms with E-state index in [1.807, 2.05) is 0 Å². The monoisotopic (exact) mass is 297 g/mol. The molecule has 1 aromatic carbocycles. The lowest BCUT2D eigenvalue weighted by molar-refractivity contribution is -0.757. The summed E-state index contributed by atoms with van der Waals surface area (Å²) >= 11 is 0. The van der Waals surface area contributed by atoms with Crippen LogP contribution in [0.4, 0.5) is 0 Å². The molecule has 21 heavy (non-hydrogen) atoms. The lowest BCUT2D eigenvalue weighted by Crippen LogP contribution is -2.30. The normalized spacial score (nSPS) is 11.3. The van der Waals surface area contributed by atoms with Crippen LogP contribution in [0, 0.1) is 10.1 Å². The van der Waals surface area contributed by atoms with Crippen molar-refractivity contribution in [1.29, 1.82) is 0 Å². The molecular formula is C13H15NO7. The number of carbonyl (C=O) groups excluding carboxylic acids is 2. The Morgan fingerprint density at radius 2 is 1.95 bits per heavy atom.